The van der Waals surface area contributed by atoms with Crippen molar-refractivity contribution < 1.29 is 16.8 Å². The smallest absolute Gasteiger partial charge is 0.240 e. The van der Waals surface area contributed by atoms with E-state index >= 15 is 0 Å². The van der Waals surface area contributed by atoms with Crippen LogP contribution in [0, 0.1) is 0 Å². The van der Waals surface area contributed by atoms with Gasteiger partial charge in [-0.2, -0.15) is 0 Å². The summed E-state index contributed by atoms with van der Waals surface area (Å²) in [4.78, 5) is 0.0765. The molecule has 0 aliphatic carbocycles. The monoisotopic (exact) mass is 320 g/mol. The van der Waals surface area contributed by atoms with Gasteiger partial charge in [0.25, 0.3) is 0 Å². The molecular formula is C12H20N2O4S2. The Morgan fingerprint density at radius 3 is 2.30 bits per heavy atom. The van der Waals surface area contributed by atoms with E-state index in [1.807, 2.05) is 0 Å². The highest BCUT2D eigenvalue weighted by atomic mass is 32.2. The Balaban J connectivity index is 2.97. The van der Waals surface area contributed by atoms with Crippen LogP contribution >= 0.6 is 0 Å². The van der Waals surface area contributed by atoms with E-state index in [1.54, 1.807) is 19.1 Å². The number of hydrogen-bond donors (Lipinski definition) is 2. The van der Waals surface area contributed by atoms with Crippen LogP contribution < -0.4 is 10.5 Å². The Bertz CT molecular complexity index is 666. The zero-order chi connectivity index (χ0) is 15.6. The number of sulfonamides is 1. The Labute approximate surface area is 120 Å². The van der Waals surface area contributed by atoms with E-state index in [0.29, 0.717) is 5.56 Å². The SMILES string of the molecule is CC(CS(C)(=O)=O)NS(=O)(=O)c1cccc(C(C)N)c1. The first kappa shape index (κ1) is 17.1. The molecule has 0 aromatic heterocycles. The molecule has 0 saturated carbocycles. The maximum absolute atomic E-state index is 12.2. The lowest BCUT2D eigenvalue weighted by atomic mass is 10.1. The van der Waals surface area contributed by atoms with Gasteiger partial charge in [-0.05, 0) is 31.5 Å². The predicted octanol–water partition coefficient (Wildman–Crippen LogP) is 0.418. The molecule has 1 aromatic rings. The van der Waals surface area contributed by atoms with Crippen LogP contribution in [0.4, 0.5) is 0 Å². The molecule has 0 radical (unpaired) electrons. The van der Waals surface area contributed by atoms with Crippen LogP contribution in [0.25, 0.3) is 0 Å². The van der Waals surface area contributed by atoms with E-state index < -0.39 is 25.9 Å². The summed E-state index contributed by atoms with van der Waals surface area (Å²) in [6, 6.07) is 5.30. The Morgan fingerprint density at radius 2 is 1.80 bits per heavy atom. The van der Waals surface area contributed by atoms with E-state index in [0.717, 1.165) is 6.26 Å². The standard InChI is InChI=1S/C12H20N2O4S2/c1-9(8-19(3,15)16)14-20(17,18)12-6-4-5-11(7-12)10(2)13/h4-7,9-10,14H,8,13H2,1-3H3. The van der Waals surface area contributed by atoms with Crippen LogP contribution in [0.2, 0.25) is 0 Å². The topological polar surface area (TPSA) is 106 Å². The molecule has 6 nitrogen and oxygen atoms in total. The third-order valence-corrected chi connectivity index (χ3v) is 5.30. The molecule has 0 bridgehead atoms. The van der Waals surface area contributed by atoms with Crippen LogP contribution in [0.3, 0.4) is 0 Å². The number of hydrogen-bond acceptors (Lipinski definition) is 5. The van der Waals surface area contributed by atoms with Crippen molar-refractivity contribution in [3.05, 3.63) is 29.8 Å². The molecule has 0 aliphatic heterocycles. The van der Waals surface area contributed by atoms with E-state index in [-0.39, 0.29) is 16.7 Å². The minimum atomic E-state index is -3.76. The molecule has 2 atom stereocenters. The minimum Gasteiger partial charge on any atom is -0.324 e. The third-order valence-electron chi connectivity index (χ3n) is 2.60. The second-order valence-corrected chi connectivity index (χ2v) is 8.87. The molecule has 0 fully saturated rings. The average molecular weight is 320 g/mol. The lowest BCUT2D eigenvalue weighted by Crippen LogP contribution is -2.37. The summed E-state index contributed by atoms with van der Waals surface area (Å²) >= 11 is 0. The van der Waals surface area contributed by atoms with Crippen molar-refractivity contribution >= 4 is 19.9 Å². The molecule has 1 aromatic carbocycles. The first-order valence-corrected chi connectivity index (χ1v) is 9.61. The second kappa shape index (κ2) is 6.21. The van der Waals surface area contributed by atoms with E-state index in [2.05, 4.69) is 4.72 Å². The zero-order valence-electron chi connectivity index (χ0n) is 11.7. The van der Waals surface area contributed by atoms with E-state index in [4.69, 9.17) is 5.73 Å². The summed E-state index contributed by atoms with van der Waals surface area (Å²) < 4.78 is 49.0. The van der Waals surface area contributed by atoms with Crippen LogP contribution in [-0.2, 0) is 19.9 Å². The molecule has 0 saturated heterocycles. The highest BCUT2D eigenvalue weighted by molar-refractivity contribution is 7.91. The highest BCUT2D eigenvalue weighted by Gasteiger charge is 2.20. The summed E-state index contributed by atoms with van der Waals surface area (Å²) in [5.41, 5.74) is 6.41. The van der Waals surface area contributed by atoms with Crippen LogP contribution in [0.5, 0.6) is 0 Å². The zero-order valence-corrected chi connectivity index (χ0v) is 13.3. The molecule has 0 aliphatic rings. The van der Waals surface area contributed by atoms with Gasteiger partial charge in [0.1, 0.15) is 9.84 Å². The van der Waals surface area contributed by atoms with Gasteiger partial charge in [0.15, 0.2) is 0 Å². The molecule has 114 valence electrons. The molecule has 0 heterocycles. The maximum Gasteiger partial charge on any atom is 0.240 e. The van der Waals surface area contributed by atoms with Crippen molar-refractivity contribution in [1.82, 2.24) is 4.72 Å². The molecule has 2 unspecified atom stereocenters. The molecule has 8 heteroatoms. The molecule has 0 amide bonds. The summed E-state index contributed by atoms with van der Waals surface area (Å²) in [6.07, 6.45) is 1.06. The van der Waals surface area contributed by atoms with Gasteiger partial charge in [-0.1, -0.05) is 12.1 Å². The van der Waals surface area contributed by atoms with E-state index in [1.165, 1.54) is 19.1 Å². The van der Waals surface area contributed by atoms with Gasteiger partial charge in [0.2, 0.25) is 10.0 Å². The summed E-state index contributed by atoms with van der Waals surface area (Å²) in [5.74, 6) is -0.251. The Morgan fingerprint density at radius 1 is 1.20 bits per heavy atom. The fraction of sp³-hybridized carbons (Fsp3) is 0.500. The van der Waals surface area contributed by atoms with Crippen molar-refractivity contribution in [2.45, 2.75) is 30.8 Å². The average Bonchev–Trinajstić information content (AvgIpc) is 2.25. The minimum absolute atomic E-state index is 0.0765. The van der Waals surface area contributed by atoms with Gasteiger partial charge >= 0.3 is 0 Å². The third kappa shape index (κ3) is 5.20. The van der Waals surface area contributed by atoms with Crippen molar-refractivity contribution in [2.75, 3.05) is 12.0 Å². The van der Waals surface area contributed by atoms with Crippen molar-refractivity contribution in [1.29, 1.82) is 0 Å². The predicted molar refractivity (Wildman–Crippen MR) is 78.5 cm³/mol. The molecule has 0 spiro atoms. The Kier molecular flexibility index (Phi) is 5.31. The van der Waals surface area contributed by atoms with Crippen LogP contribution in [-0.4, -0.2) is 34.9 Å². The number of nitrogens with one attached hydrogen (secondary N) is 1. The fourth-order valence-corrected chi connectivity index (χ4v) is 4.18. The maximum atomic E-state index is 12.2. The molecule has 3 N–H and O–H groups in total. The van der Waals surface area contributed by atoms with Gasteiger partial charge in [-0.25, -0.2) is 21.6 Å². The van der Waals surface area contributed by atoms with Gasteiger partial charge < -0.3 is 5.73 Å². The lowest BCUT2D eigenvalue weighted by Gasteiger charge is -2.14. The molecule has 20 heavy (non-hydrogen) atoms. The van der Waals surface area contributed by atoms with Crippen LogP contribution in [0.1, 0.15) is 25.5 Å². The first-order chi connectivity index (χ1) is 9.01. The first-order valence-electron chi connectivity index (χ1n) is 6.07. The highest BCUT2D eigenvalue weighted by Crippen LogP contribution is 2.16. The van der Waals surface area contributed by atoms with Gasteiger partial charge in [-0.3, -0.25) is 0 Å². The van der Waals surface area contributed by atoms with Gasteiger partial charge in [0.05, 0.1) is 10.6 Å². The molecular weight excluding hydrogens is 300 g/mol. The summed E-state index contributed by atoms with van der Waals surface area (Å²) in [5, 5.41) is 0. The van der Waals surface area contributed by atoms with Gasteiger partial charge in [-0.15, -0.1) is 0 Å². The van der Waals surface area contributed by atoms with Gasteiger partial charge in [0, 0.05) is 18.3 Å². The lowest BCUT2D eigenvalue weighted by molar-refractivity contribution is 0.564. The number of sulfone groups is 1. The fourth-order valence-electron chi connectivity index (χ4n) is 1.79. The molecule has 1 rings (SSSR count). The van der Waals surface area contributed by atoms with Crippen molar-refractivity contribution in [3.63, 3.8) is 0 Å². The van der Waals surface area contributed by atoms with E-state index in [9.17, 15) is 16.8 Å². The number of rotatable bonds is 6. The van der Waals surface area contributed by atoms with Crippen molar-refractivity contribution in [3.8, 4) is 0 Å². The summed E-state index contributed by atoms with van der Waals surface area (Å²) in [6.45, 7) is 3.26. The normalized spacial score (nSPS) is 15.8. The van der Waals surface area contributed by atoms with Crippen molar-refractivity contribution in [2.24, 2.45) is 5.73 Å². The second-order valence-electron chi connectivity index (χ2n) is 4.98. The Hall–Kier alpha value is -0.960. The quantitative estimate of drug-likeness (QED) is 0.790. The number of nitrogens with two attached hydrogens (primary N) is 1. The largest absolute Gasteiger partial charge is 0.324 e. The summed E-state index contributed by atoms with van der Waals surface area (Å²) in [7, 11) is -7.00. The van der Waals surface area contributed by atoms with Crippen LogP contribution in [0.15, 0.2) is 29.2 Å². The number of benzene rings is 1.